The zero-order valence-corrected chi connectivity index (χ0v) is 12.0. The van der Waals surface area contributed by atoms with Gasteiger partial charge in [0.1, 0.15) is 5.75 Å². The van der Waals surface area contributed by atoms with E-state index >= 15 is 0 Å². The molecule has 5 heteroatoms. The predicted octanol–water partition coefficient (Wildman–Crippen LogP) is 3.39. The Labute approximate surface area is 123 Å². The molecule has 110 valence electrons. The van der Waals surface area contributed by atoms with Gasteiger partial charge >= 0.3 is 6.03 Å². The van der Waals surface area contributed by atoms with Crippen LogP contribution in [0.4, 0.5) is 16.2 Å². The van der Waals surface area contributed by atoms with Crippen LogP contribution >= 0.6 is 0 Å². The Bertz CT molecular complexity index is 626. The smallest absolute Gasteiger partial charge is 0.323 e. The molecule has 2 aromatic carbocycles. The minimum Gasteiger partial charge on any atom is -0.497 e. The number of nitrogens with one attached hydrogen (secondary N) is 2. The molecule has 0 saturated heterocycles. The van der Waals surface area contributed by atoms with Crippen LogP contribution < -0.4 is 15.4 Å². The van der Waals surface area contributed by atoms with Crippen molar-refractivity contribution in [2.24, 2.45) is 0 Å². The van der Waals surface area contributed by atoms with Crippen molar-refractivity contribution in [3.05, 3.63) is 54.1 Å². The number of benzene rings is 2. The molecule has 0 aromatic heterocycles. The Hall–Kier alpha value is -2.53. The molecule has 0 fully saturated rings. The van der Waals surface area contributed by atoms with Gasteiger partial charge in [-0.2, -0.15) is 0 Å². The molecule has 21 heavy (non-hydrogen) atoms. The van der Waals surface area contributed by atoms with Gasteiger partial charge < -0.3 is 20.5 Å². The molecule has 1 atom stereocenters. The molecule has 0 radical (unpaired) electrons. The zero-order chi connectivity index (χ0) is 15.2. The highest BCUT2D eigenvalue weighted by atomic mass is 16.5. The Morgan fingerprint density at radius 1 is 1.14 bits per heavy atom. The first-order valence-electron chi connectivity index (χ1n) is 6.59. The number of rotatable bonds is 4. The normalized spacial score (nSPS) is 11.6. The van der Waals surface area contributed by atoms with E-state index in [4.69, 9.17) is 4.74 Å². The van der Waals surface area contributed by atoms with Gasteiger partial charge in [-0.15, -0.1) is 0 Å². The van der Waals surface area contributed by atoms with Crippen molar-refractivity contribution in [2.75, 3.05) is 17.7 Å². The van der Waals surface area contributed by atoms with Crippen molar-refractivity contribution in [1.82, 2.24) is 0 Å². The number of anilines is 2. The van der Waals surface area contributed by atoms with Gasteiger partial charge in [-0.05, 0) is 25.1 Å². The number of para-hydroxylation sites is 1. The summed E-state index contributed by atoms with van der Waals surface area (Å²) < 4.78 is 5.10. The molecule has 0 saturated carbocycles. The van der Waals surface area contributed by atoms with E-state index in [1.165, 1.54) is 0 Å². The molecule has 1 unspecified atom stereocenters. The van der Waals surface area contributed by atoms with Crippen molar-refractivity contribution >= 4 is 17.4 Å². The average molecular weight is 286 g/mol. The number of methoxy groups -OCH3 is 1. The van der Waals surface area contributed by atoms with Gasteiger partial charge in [0.15, 0.2) is 0 Å². The van der Waals surface area contributed by atoms with Crippen molar-refractivity contribution in [3.8, 4) is 5.75 Å². The lowest BCUT2D eigenvalue weighted by Gasteiger charge is -2.13. The second-order valence-corrected chi connectivity index (χ2v) is 4.57. The van der Waals surface area contributed by atoms with Crippen LogP contribution in [0.3, 0.4) is 0 Å². The third-order valence-corrected chi connectivity index (χ3v) is 2.99. The molecule has 0 aliphatic heterocycles. The van der Waals surface area contributed by atoms with Crippen molar-refractivity contribution in [3.63, 3.8) is 0 Å². The SMILES string of the molecule is COc1cccc(NC(=O)Nc2ccccc2C(C)O)c1. The first kappa shape index (κ1) is 14.9. The fourth-order valence-electron chi connectivity index (χ4n) is 1.96. The average Bonchev–Trinajstić information content (AvgIpc) is 2.47. The number of urea groups is 1. The van der Waals surface area contributed by atoms with Crippen LogP contribution in [0.1, 0.15) is 18.6 Å². The molecule has 0 aliphatic carbocycles. The van der Waals surface area contributed by atoms with Crippen molar-refractivity contribution < 1.29 is 14.6 Å². The third kappa shape index (κ3) is 3.97. The number of aliphatic hydroxyl groups is 1. The van der Waals surface area contributed by atoms with E-state index in [-0.39, 0.29) is 6.03 Å². The number of aliphatic hydroxyl groups excluding tert-OH is 1. The number of amides is 2. The molecule has 0 aliphatic rings. The van der Waals surface area contributed by atoms with Gasteiger partial charge in [0.05, 0.1) is 13.2 Å². The quantitative estimate of drug-likeness (QED) is 0.806. The minimum atomic E-state index is -0.654. The minimum absolute atomic E-state index is 0.378. The summed E-state index contributed by atoms with van der Waals surface area (Å²) in [5, 5.41) is 15.1. The molecule has 5 nitrogen and oxygen atoms in total. The summed E-state index contributed by atoms with van der Waals surface area (Å²) in [5.74, 6) is 0.664. The van der Waals surface area contributed by atoms with E-state index in [9.17, 15) is 9.90 Å². The Morgan fingerprint density at radius 3 is 2.62 bits per heavy atom. The van der Waals surface area contributed by atoms with Gasteiger partial charge in [-0.25, -0.2) is 4.79 Å². The van der Waals surface area contributed by atoms with Crippen LogP contribution in [0.2, 0.25) is 0 Å². The summed E-state index contributed by atoms with van der Waals surface area (Å²) in [4.78, 5) is 12.0. The van der Waals surface area contributed by atoms with Gasteiger partial charge in [-0.1, -0.05) is 24.3 Å². The maximum Gasteiger partial charge on any atom is 0.323 e. The maximum absolute atomic E-state index is 12.0. The zero-order valence-electron chi connectivity index (χ0n) is 12.0. The van der Waals surface area contributed by atoms with E-state index in [0.717, 1.165) is 0 Å². The number of hydrogen-bond acceptors (Lipinski definition) is 3. The van der Waals surface area contributed by atoms with Crippen LogP contribution in [0, 0.1) is 0 Å². The topological polar surface area (TPSA) is 70.6 Å². The summed E-state index contributed by atoms with van der Waals surface area (Å²) in [6, 6.07) is 13.8. The van der Waals surface area contributed by atoms with Crippen LogP contribution in [-0.4, -0.2) is 18.2 Å². The number of ether oxygens (including phenoxy) is 1. The Balaban J connectivity index is 2.08. The van der Waals surface area contributed by atoms with E-state index in [1.54, 1.807) is 56.5 Å². The first-order chi connectivity index (χ1) is 10.1. The maximum atomic E-state index is 12.0. The molecular formula is C16H18N2O3. The van der Waals surface area contributed by atoms with Crippen LogP contribution in [0.25, 0.3) is 0 Å². The molecule has 0 heterocycles. The fraction of sp³-hybridized carbons (Fsp3) is 0.188. The van der Waals surface area contributed by atoms with Gasteiger partial charge in [0.2, 0.25) is 0 Å². The van der Waals surface area contributed by atoms with Gasteiger partial charge in [-0.3, -0.25) is 0 Å². The highest BCUT2D eigenvalue weighted by Gasteiger charge is 2.10. The van der Waals surface area contributed by atoms with E-state index < -0.39 is 6.10 Å². The summed E-state index contributed by atoms with van der Waals surface area (Å²) in [7, 11) is 1.57. The molecule has 2 aromatic rings. The fourth-order valence-corrected chi connectivity index (χ4v) is 1.96. The lowest BCUT2D eigenvalue weighted by molar-refractivity contribution is 0.200. The number of carbonyl (C=O) groups is 1. The number of carbonyl (C=O) groups excluding carboxylic acids is 1. The lowest BCUT2D eigenvalue weighted by Crippen LogP contribution is -2.20. The Kier molecular flexibility index (Phi) is 4.79. The Morgan fingerprint density at radius 2 is 1.90 bits per heavy atom. The summed E-state index contributed by atoms with van der Waals surface area (Å²) in [6.07, 6.45) is -0.654. The largest absolute Gasteiger partial charge is 0.497 e. The van der Waals surface area contributed by atoms with Crippen LogP contribution in [0.15, 0.2) is 48.5 Å². The molecule has 0 bridgehead atoms. The monoisotopic (exact) mass is 286 g/mol. The van der Waals surface area contributed by atoms with Crippen LogP contribution in [0.5, 0.6) is 5.75 Å². The van der Waals surface area contributed by atoms with Crippen LogP contribution in [-0.2, 0) is 0 Å². The van der Waals surface area contributed by atoms with Crippen molar-refractivity contribution in [1.29, 1.82) is 0 Å². The number of hydrogen-bond donors (Lipinski definition) is 3. The highest BCUT2D eigenvalue weighted by molar-refractivity contribution is 6.00. The predicted molar refractivity (Wildman–Crippen MR) is 82.7 cm³/mol. The summed E-state index contributed by atoms with van der Waals surface area (Å²) >= 11 is 0. The second kappa shape index (κ2) is 6.76. The van der Waals surface area contributed by atoms with E-state index in [1.807, 2.05) is 6.07 Å². The second-order valence-electron chi connectivity index (χ2n) is 4.57. The third-order valence-electron chi connectivity index (χ3n) is 2.99. The standard InChI is InChI=1S/C16H18N2O3/c1-11(19)14-8-3-4-9-15(14)18-16(20)17-12-6-5-7-13(10-12)21-2/h3-11,19H,1-2H3,(H2,17,18,20). The summed E-state index contributed by atoms with van der Waals surface area (Å²) in [6.45, 7) is 1.65. The van der Waals surface area contributed by atoms with Crippen molar-refractivity contribution in [2.45, 2.75) is 13.0 Å². The molecule has 0 spiro atoms. The molecule has 2 amide bonds. The molecular weight excluding hydrogens is 268 g/mol. The lowest BCUT2D eigenvalue weighted by atomic mass is 10.1. The highest BCUT2D eigenvalue weighted by Crippen LogP contribution is 2.23. The van der Waals surface area contributed by atoms with Gasteiger partial charge in [0, 0.05) is 23.0 Å². The molecule has 3 N–H and O–H groups in total. The first-order valence-corrected chi connectivity index (χ1v) is 6.59. The van der Waals surface area contributed by atoms with Gasteiger partial charge in [0.25, 0.3) is 0 Å². The van der Waals surface area contributed by atoms with E-state index in [0.29, 0.717) is 22.7 Å². The molecule has 2 rings (SSSR count). The summed E-state index contributed by atoms with van der Waals surface area (Å²) in [5.41, 5.74) is 1.87. The van der Waals surface area contributed by atoms with E-state index in [2.05, 4.69) is 10.6 Å².